The highest BCUT2D eigenvalue weighted by Crippen LogP contribution is 2.21. The Morgan fingerprint density at radius 2 is 2.36 bits per heavy atom. The Hall–Kier alpha value is -1.04. The molecule has 0 nitrogen and oxygen atoms in total. The van der Waals surface area contributed by atoms with E-state index in [1.165, 1.54) is 11.1 Å². The summed E-state index contributed by atoms with van der Waals surface area (Å²) < 4.78 is 0. The zero-order valence-electron chi connectivity index (χ0n) is 7.01. The molecule has 0 aromatic carbocycles. The first-order valence-electron chi connectivity index (χ1n) is 4.07. The molecule has 0 unspecified atom stereocenters. The molecule has 0 N–H and O–H groups in total. The maximum absolute atomic E-state index is 3.72. The molecule has 0 saturated carbocycles. The van der Waals surface area contributed by atoms with Gasteiger partial charge in [0.15, 0.2) is 0 Å². The van der Waals surface area contributed by atoms with Crippen molar-refractivity contribution in [1.82, 2.24) is 0 Å². The Morgan fingerprint density at radius 1 is 1.55 bits per heavy atom. The minimum Gasteiger partial charge on any atom is -0.103 e. The molecular weight excluding hydrogens is 132 g/mol. The van der Waals surface area contributed by atoms with Crippen LogP contribution in [0.25, 0.3) is 0 Å². The first-order chi connectivity index (χ1) is 5.38. The van der Waals surface area contributed by atoms with Crippen molar-refractivity contribution < 1.29 is 0 Å². The van der Waals surface area contributed by atoms with E-state index in [4.69, 9.17) is 0 Å². The molecule has 0 radical (unpaired) electrons. The maximum atomic E-state index is 3.72. The molecule has 0 saturated heterocycles. The zero-order valence-corrected chi connectivity index (χ0v) is 7.01. The maximum Gasteiger partial charge on any atom is -0.00943 e. The van der Waals surface area contributed by atoms with Gasteiger partial charge in [-0.1, -0.05) is 37.3 Å². The molecule has 1 aliphatic rings. The Balaban J connectivity index is 2.68. The van der Waals surface area contributed by atoms with Crippen LogP contribution in [0.2, 0.25) is 0 Å². The Labute approximate surface area is 68.6 Å². The highest BCUT2D eigenvalue weighted by Gasteiger charge is 2.02. The van der Waals surface area contributed by atoms with E-state index in [2.05, 4.69) is 37.8 Å². The average Bonchev–Trinajstić information content (AvgIpc) is 2.39. The van der Waals surface area contributed by atoms with Gasteiger partial charge >= 0.3 is 0 Å². The lowest BCUT2D eigenvalue weighted by atomic mass is 10.1. The normalized spacial score (nSPS) is 19.0. The summed E-state index contributed by atoms with van der Waals surface area (Å²) in [4.78, 5) is 0. The molecule has 0 aromatic rings. The van der Waals surface area contributed by atoms with Crippen molar-refractivity contribution in [3.63, 3.8) is 0 Å². The van der Waals surface area contributed by atoms with E-state index in [0.29, 0.717) is 0 Å². The number of hydrogen-bond donors (Lipinski definition) is 0. The van der Waals surface area contributed by atoms with E-state index < -0.39 is 0 Å². The lowest BCUT2D eigenvalue weighted by Crippen LogP contribution is -1.80. The SMILES string of the molecule is C=CCC1=CC=CC1=CCC. The fourth-order valence-electron chi connectivity index (χ4n) is 1.23. The van der Waals surface area contributed by atoms with E-state index in [0.717, 1.165) is 12.8 Å². The van der Waals surface area contributed by atoms with Crippen molar-refractivity contribution in [1.29, 1.82) is 0 Å². The van der Waals surface area contributed by atoms with Crippen molar-refractivity contribution in [3.8, 4) is 0 Å². The van der Waals surface area contributed by atoms with Gasteiger partial charge in [0, 0.05) is 0 Å². The van der Waals surface area contributed by atoms with Gasteiger partial charge < -0.3 is 0 Å². The lowest BCUT2D eigenvalue weighted by molar-refractivity contribution is 1.18. The summed E-state index contributed by atoms with van der Waals surface area (Å²) >= 11 is 0. The Bertz CT molecular complexity index is 226. The second-order valence-corrected chi connectivity index (χ2v) is 2.61. The van der Waals surface area contributed by atoms with Crippen LogP contribution in [0, 0.1) is 0 Å². The van der Waals surface area contributed by atoms with Crippen LogP contribution >= 0.6 is 0 Å². The molecule has 0 aliphatic heterocycles. The van der Waals surface area contributed by atoms with Gasteiger partial charge in [-0.05, 0) is 24.0 Å². The number of rotatable bonds is 3. The van der Waals surface area contributed by atoms with E-state index >= 15 is 0 Å². The molecule has 0 atom stereocenters. The van der Waals surface area contributed by atoms with E-state index in [1.807, 2.05) is 6.08 Å². The molecule has 1 aliphatic carbocycles. The highest BCUT2D eigenvalue weighted by molar-refractivity contribution is 5.48. The second-order valence-electron chi connectivity index (χ2n) is 2.61. The summed E-state index contributed by atoms with van der Waals surface area (Å²) in [6.45, 7) is 5.88. The molecule has 0 spiro atoms. The quantitative estimate of drug-likeness (QED) is 0.535. The third-order valence-corrected chi connectivity index (χ3v) is 1.73. The predicted molar refractivity (Wildman–Crippen MR) is 50.4 cm³/mol. The minimum atomic E-state index is 0.985. The molecule has 0 aromatic heterocycles. The van der Waals surface area contributed by atoms with Gasteiger partial charge in [-0.25, -0.2) is 0 Å². The third kappa shape index (κ3) is 1.94. The number of allylic oxidation sites excluding steroid dienone is 7. The first-order valence-corrected chi connectivity index (χ1v) is 4.07. The summed E-state index contributed by atoms with van der Waals surface area (Å²) in [5.41, 5.74) is 2.76. The summed E-state index contributed by atoms with van der Waals surface area (Å²) in [5.74, 6) is 0. The summed E-state index contributed by atoms with van der Waals surface area (Å²) in [6.07, 6.45) is 12.7. The fraction of sp³-hybridized carbons (Fsp3) is 0.273. The zero-order chi connectivity index (χ0) is 8.10. The van der Waals surface area contributed by atoms with Crippen LogP contribution in [0.3, 0.4) is 0 Å². The molecule has 0 heteroatoms. The van der Waals surface area contributed by atoms with Crippen LogP contribution < -0.4 is 0 Å². The predicted octanol–water partition coefficient (Wildman–Crippen LogP) is 3.40. The van der Waals surface area contributed by atoms with E-state index in [1.54, 1.807) is 0 Å². The summed E-state index contributed by atoms with van der Waals surface area (Å²) in [6, 6.07) is 0. The van der Waals surface area contributed by atoms with Gasteiger partial charge in [0.05, 0.1) is 0 Å². The Morgan fingerprint density at radius 3 is 3.00 bits per heavy atom. The van der Waals surface area contributed by atoms with E-state index in [-0.39, 0.29) is 0 Å². The third-order valence-electron chi connectivity index (χ3n) is 1.73. The molecule has 11 heavy (non-hydrogen) atoms. The van der Waals surface area contributed by atoms with Crippen molar-refractivity contribution in [2.24, 2.45) is 0 Å². The van der Waals surface area contributed by atoms with Crippen LogP contribution in [0.1, 0.15) is 19.8 Å². The molecule has 1 rings (SSSR count). The smallest absolute Gasteiger partial charge is 0.00943 e. The molecular formula is C11H14. The van der Waals surface area contributed by atoms with Crippen molar-refractivity contribution in [2.75, 3.05) is 0 Å². The van der Waals surface area contributed by atoms with Gasteiger partial charge in [0.1, 0.15) is 0 Å². The standard InChI is InChI=1S/C11H14/c1-3-6-10-8-5-9-11(10)7-4-2/h3,5,7-9H,1,4,6H2,2H3. The van der Waals surface area contributed by atoms with Gasteiger partial charge in [-0.2, -0.15) is 0 Å². The van der Waals surface area contributed by atoms with Crippen LogP contribution in [0.4, 0.5) is 0 Å². The van der Waals surface area contributed by atoms with Crippen molar-refractivity contribution in [2.45, 2.75) is 19.8 Å². The van der Waals surface area contributed by atoms with Gasteiger partial charge in [-0.15, -0.1) is 6.58 Å². The average molecular weight is 146 g/mol. The molecule has 0 fully saturated rings. The highest BCUT2D eigenvalue weighted by atomic mass is 14.1. The topological polar surface area (TPSA) is 0 Å². The Kier molecular flexibility index (Phi) is 2.91. The van der Waals surface area contributed by atoms with Crippen LogP contribution in [-0.4, -0.2) is 0 Å². The largest absolute Gasteiger partial charge is 0.103 e. The molecule has 0 bridgehead atoms. The van der Waals surface area contributed by atoms with Crippen molar-refractivity contribution >= 4 is 0 Å². The van der Waals surface area contributed by atoms with Crippen LogP contribution in [0.5, 0.6) is 0 Å². The van der Waals surface area contributed by atoms with Crippen LogP contribution in [-0.2, 0) is 0 Å². The second kappa shape index (κ2) is 3.97. The first kappa shape index (κ1) is 8.06. The lowest BCUT2D eigenvalue weighted by Gasteiger charge is -1.99. The molecule has 0 amide bonds. The van der Waals surface area contributed by atoms with Crippen molar-refractivity contribution in [3.05, 3.63) is 48.1 Å². The van der Waals surface area contributed by atoms with E-state index in [9.17, 15) is 0 Å². The summed E-state index contributed by atoms with van der Waals surface area (Å²) in [5, 5.41) is 0. The summed E-state index contributed by atoms with van der Waals surface area (Å²) in [7, 11) is 0. The van der Waals surface area contributed by atoms with Gasteiger partial charge in [-0.3, -0.25) is 0 Å². The molecule has 0 heterocycles. The fourth-order valence-corrected chi connectivity index (χ4v) is 1.23. The molecule has 58 valence electrons. The number of hydrogen-bond acceptors (Lipinski definition) is 0. The monoisotopic (exact) mass is 146 g/mol. The van der Waals surface area contributed by atoms with Crippen LogP contribution in [0.15, 0.2) is 48.1 Å². The van der Waals surface area contributed by atoms with Gasteiger partial charge in [0.25, 0.3) is 0 Å². The minimum absolute atomic E-state index is 0.985. The van der Waals surface area contributed by atoms with Gasteiger partial charge in [0.2, 0.25) is 0 Å².